The van der Waals surface area contributed by atoms with Gasteiger partial charge in [0.15, 0.2) is 0 Å². The van der Waals surface area contributed by atoms with Crippen LogP contribution in [-0.4, -0.2) is 36.3 Å². The first-order chi connectivity index (χ1) is 10.0. The van der Waals surface area contributed by atoms with Gasteiger partial charge in [0.25, 0.3) is 0 Å². The quantitative estimate of drug-likeness (QED) is 0.742. The molecule has 0 bridgehead atoms. The second kappa shape index (κ2) is 8.91. The number of halogens is 3. The van der Waals surface area contributed by atoms with E-state index in [2.05, 4.69) is 5.32 Å². The Bertz CT molecular complexity index is 496. The highest BCUT2D eigenvalue weighted by Crippen LogP contribution is 2.30. The highest BCUT2D eigenvalue weighted by Gasteiger charge is 2.30. The minimum atomic E-state index is -0.971. The van der Waals surface area contributed by atoms with Gasteiger partial charge in [-0.05, 0) is 25.0 Å². The molecule has 22 heavy (non-hydrogen) atoms. The van der Waals surface area contributed by atoms with Crippen LogP contribution in [0.25, 0.3) is 0 Å². The lowest BCUT2D eigenvalue weighted by atomic mass is 10.1. The number of aliphatic hydroxyl groups is 1. The lowest BCUT2D eigenvalue weighted by Gasteiger charge is -2.17. The summed E-state index contributed by atoms with van der Waals surface area (Å²) in [6.45, 7) is 0.428. The summed E-state index contributed by atoms with van der Waals surface area (Å²) in [7, 11) is 0. The average molecular weight is 370 g/mol. The summed E-state index contributed by atoms with van der Waals surface area (Å²) in [6.07, 6.45) is -0.137. The van der Waals surface area contributed by atoms with Crippen molar-refractivity contribution >= 4 is 41.5 Å². The van der Waals surface area contributed by atoms with Gasteiger partial charge in [0, 0.05) is 28.7 Å². The molecule has 0 radical (unpaired) electrons. The van der Waals surface area contributed by atoms with E-state index >= 15 is 0 Å². The summed E-state index contributed by atoms with van der Waals surface area (Å²) in [5.74, 6) is -0.256. The molecule has 1 aliphatic rings. The molecule has 2 rings (SSSR count). The van der Waals surface area contributed by atoms with Crippen molar-refractivity contribution in [2.24, 2.45) is 5.73 Å². The zero-order valence-electron chi connectivity index (χ0n) is 11.8. The van der Waals surface area contributed by atoms with Crippen molar-refractivity contribution in [2.75, 3.05) is 13.1 Å². The monoisotopic (exact) mass is 368 g/mol. The van der Waals surface area contributed by atoms with Gasteiger partial charge in [-0.3, -0.25) is 4.79 Å². The van der Waals surface area contributed by atoms with Crippen LogP contribution in [0.1, 0.15) is 24.5 Å². The zero-order valence-corrected chi connectivity index (χ0v) is 14.1. The fourth-order valence-electron chi connectivity index (χ4n) is 2.31. The van der Waals surface area contributed by atoms with E-state index in [1.807, 2.05) is 0 Å². The molecular formula is C14H19Cl3N2O3. The van der Waals surface area contributed by atoms with Gasteiger partial charge in [-0.1, -0.05) is 29.3 Å². The fourth-order valence-corrected chi connectivity index (χ4v) is 2.96. The molecule has 8 heteroatoms. The number of ether oxygens (including phenoxy) is 1. The van der Waals surface area contributed by atoms with Crippen LogP contribution in [0.5, 0.6) is 0 Å². The molecule has 1 aromatic rings. The number of nitrogens with two attached hydrogens (primary N) is 1. The molecule has 4 N–H and O–H groups in total. The van der Waals surface area contributed by atoms with Gasteiger partial charge in [-0.2, -0.15) is 0 Å². The number of hydrogen-bond acceptors (Lipinski definition) is 4. The number of aliphatic hydroxyl groups excluding tert-OH is 1. The highest BCUT2D eigenvalue weighted by atomic mass is 35.5. The van der Waals surface area contributed by atoms with Gasteiger partial charge in [0.1, 0.15) is 6.10 Å². The first-order valence-corrected chi connectivity index (χ1v) is 7.53. The number of carbonyl (C=O) groups excluding carboxylic acids is 1. The van der Waals surface area contributed by atoms with Crippen LogP contribution in [0.3, 0.4) is 0 Å². The summed E-state index contributed by atoms with van der Waals surface area (Å²) in [5.41, 5.74) is 5.91. The molecule has 0 saturated carbocycles. The van der Waals surface area contributed by atoms with Crippen LogP contribution in [0.15, 0.2) is 18.2 Å². The number of rotatable bonds is 5. The molecule has 3 atom stereocenters. The largest absolute Gasteiger partial charge is 0.386 e. The lowest BCUT2D eigenvalue weighted by molar-refractivity contribution is -0.132. The van der Waals surface area contributed by atoms with Crippen molar-refractivity contribution in [1.82, 2.24) is 5.32 Å². The third kappa shape index (κ3) is 4.72. The second-order valence-corrected chi connectivity index (χ2v) is 5.77. The van der Waals surface area contributed by atoms with Crippen LogP contribution in [0.2, 0.25) is 10.0 Å². The van der Waals surface area contributed by atoms with Crippen LogP contribution in [-0.2, 0) is 9.53 Å². The van der Waals surface area contributed by atoms with Gasteiger partial charge in [-0.15, -0.1) is 12.4 Å². The summed E-state index contributed by atoms with van der Waals surface area (Å²) in [6, 6.07) is 4.97. The molecule has 0 aromatic heterocycles. The molecule has 1 saturated heterocycles. The van der Waals surface area contributed by atoms with E-state index in [0.29, 0.717) is 28.6 Å². The van der Waals surface area contributed by atoms with E-state index in [-0.39, 0.29) is 31.0 Å². The predicted molar refractivity (Wildman–Crippen MR) is 88.6 cm³/mol. The summed E-state index contributed by atoms with van der Waals surface area (Å²) < 4.78 is 5.49. The van der Waals surface area contributed by atoms with Gasteiger partial charge in [0.05, 0.1) is 12.2 Å². The molecule has 1 amide bonds. The molecular weight excluding hydrogens is 351 g/mol. The van der Waals surface area contributed by atoms with Crippen molar-refractivity contribution < 1.29 is 14.6 Å². The van der Waals surface area contributed by atoms with Crippen LogP contribution in [0, 0.1) is 0 Å². The Hall–Kier alpha value is -0.560. The number of amides is 1. The second-order valence-electron chi connectivity index (χ2n) is 4.96. The Balaban J connectivity index is 0.00000242. The lowest BCUT2D eigenvalue weighted by Crippen LogP contribution is -2.37. The maximum atomic E-state index is 12.0. The Morgan fingerprint density at radius 3 is 2.59 bits per heavy atom. The Morgan fingerprint density at radius 2 is 2.05 bits per heavy atom. The zero-order chi connectivity index (χ0) is 15.4. The van der Waals surface area contributed by atoms with Crippen LogP contribution in [0.4, 0.5) is 0 Å². The maximum Gasteiger partial charge on any atom is 0.249 e. The van der Waals surface area contributed by atoms with E-state index in [0.717, 1.165) is 6.42 Å². The van der Waals surface area contributed by atoms with Gasteiger partial charge in [0.2, 0.25) is 5.91 Å². The van der Waals surface area contributed by atoms with Crippen LogP contribution < -0.4 is 11.1 Å². The fraction of sp³-hybridized carbons (Fsp3) is 0.500. The minimum Gasteiger partial charge on any atom is -0.386 e. The van der Waals surface area contributed by atoms with Crippen molar-refractivity contribution in [3.8, 4) is 0 Å². The highest BCUT2D eigenvalue weighted by molar-refractivity contribution is 6.36. The first-order valence-electron chi connectivity index (χ1n) is 6.78. The maximum absolute atomic E-state index is 12.0. The molecule has 0 aliphatic carbocycles. The third-order valence-electron chi connectivity index (χ3n) is 3.47. The normalized spacial score (nSPS) is 22.0. The molecule has 1 fully saturated rings. The Labute approximate surface area is 145 Å². The third-order valence-corrected chi connectivity index (χ3v) is 4.12. The first kappa shape index (κ1) is 19.5. The molecule has 5 nitrogen and oxygen atoms in total. The molecule has 1 heterocycles. The predicted octanol–water partition coefficient (Wildman–Crippen LogP) is 2.07. The van der Waals surface area contributed by atoms with E-state index in [1.165, 1.54) is 0 Å². The van der Waals surface area contributed by atoms with E-state index in [9.17, 15) is 9.90 Å². The number of benzene rings is 1. The molecule has 124 valence electrons. The average Bonchev–Trinajstić information content (AvgIpc) is 2.93. The number of nitrogens with one attached hydrogen (secondary N) is 1. The van der Waals surface area contributed by atoms with Crippen molar-refractivity contribution in [3.05, 3.63) is 33.8 Å². The van der Waals surface area contributed by atoms with E-state index in [4.69, 9.17) is 33.7 Å². The van der Waals surface area contributed by atoms with E-state index < -0.39 is 12.2 Å². The standard InChI is InChI=1S/C14H18Cl2N2O3.ClH/c15-9-2-1-3-10(16)13(9)11(19)7-18-14(20)12-5-4-8(6-17)21-12;/h1-3,8,11-12,19H,4-7,17H2,(H,18,20);1H/t8-,11?,12+;/m1./s1. The Morgan fingerprint density at radius 1 is 1.41 bits per heavy atom. The molecule has 1 aromatic carbocycles. The minimum absolute atomic E-state index is 0. The Kier molecular flexibility index (Phi) is 7.89. The summed E-state index contributed by atoms with van der Waals surface area (Å²) in [5, 5.41) is 13.5. The smallest absolute Gasteiger partial charge is 0.249 e. The topological polar surface area (TPSA) is 84.6 Å². The van der Waals surface area contributed by atoms with Crippen LogP contribution >= 0.6 is 35.6 Å². The van der Waals surface area contributed by atoms with Gasteiger partial charge >= 0.3 is 0 Å². The van der Waals surface area contributed by atoms with Gasteiger partial charge in [-0.25, -0.2) is 0 Å². The van der Waals surface area contributed by atoms with Gasteiger partial charge < -0.3 is 20.9 Å². The van der Waals surface area contributed by atoms with E-state index in [1.54, 1.807) is 18.2 Å². The molecule has 1 aliphatic heterocycles. The number of hydrogen-bond donors (Lipinski definition) is 3. The molecule has 0 spiro atoms. The molecule has 1 unspecified atom stereocenters. The summed E-state index contributed by atoms with van der Waals surface area (Å²) >= 11 is 12.0. The SMILES string of the molecule is Cl.NC[C@H]1CC[C@@H](C(=O)NCC(O)c2c(Cl)cccc2Cl)O1. The van der Waals surface area contributed by atoms with Crippen molar-refractivity contribution in [3.63, 3.8) is 0 Å². The summed E-state index contributed by atoms with van der Waals surface area (Å²) in [4.78, 5) is 12.0. The van der Waals surface area contributed by atoms with Crippen molar-refractivity contribution in [1.29, 1.82) is 0 Å². The van der Waals surface area contributed by atoms with Crippen molar-refractivity contribution in [2.45, 2.75) is 31.2 Å². The number of carbonyl (C=O) groups is 1.